The van der Waals surface area contributed by atoms with Crippen LogP contribution in [0.3, 0.4) is 0 Å². The van der Waals surface area contributed by atoms with Crippen LogP contribution in [0, 0.1) is 5.41 Å². The zero-order valence-corrected chi connectivity index (χ0v) is 13.5. The van der Waals surface area contributed by atoms with E-state index in [4.69, 9.17) is 9.47 Å². The molecule has 0 saturated carbocycles. The number of allylic oxidation sites excluding steroid dienone is 1. The third-order valence-corrected chi connectivity index (χ3v) is 4.57. The SMILES string of the molecule is COC1=C/C(=C/c2ccccc2)C2(C=C1OC)CCN(C)C2. The first-order chi connectivity index (χ1) is 10.7. The molecule has 22 heavy (non-hydrogen) atoms. The van der Waals surface area contributed by atoms with Crippen molar-refractivity contribution >= 4 is 6.08 Å². The fourth-order valence-corrected chi connectivity index (χ4v) is 3.38. The van der Waals surface area contributed by atoms with Crippen LogP contribution in [0.5, 0.6) is 0 Å². The quantitative estimate of drug-likeness (QED) is 0.853. The molecule has 3 heteroatoms. The molecule has 1 saturated heterocycles. The van der Waals surface area contributed by atoms with Crippen molar-refractivity contribution in [2.24, 2.45) is 5.41 Å². The molecule has 2 aliphatic rings. The summed E-state index contributed by atoms with van der Waals surface area (Å²) in [5.74, 6) is 1.63. The summed E-state index contributed by atoms with van der Waals surface area (Å²) in [5, 5.41) is 0. The molecule has 1 spiro atoms. The Morgan fingerprint density at radius 2 is 1.82 bits per heavy atom. The Morgan fingerprint density at radius 3 is 2.41 bits per heavy atom. The van der Waals surface area contributed by atoms with Gasteiger partial charge < -0.3 is 14.4 Å². The summed E-state index contributed by atoms with van der Waals surface area (Å²) in [6.45, 7) is 2.10. The van der Waals surface area contributed by atoms with Gasteiger partial charge in [0.05, 0.1) is 14.2 Å². The monoisotopic (exact) mass is 297 g/mol. The normalized spacial score (nSPS) is 27.0. The maximum Gasteiger partial charge on any atom is 0.160 e. The zero-order chi connectivity index (χ0) is 15.6. The molecule has 0 aromatic heterocycles. The average molecular weight is 297 g/mol. The van der Waals surface area contributed by atoms with E-state index in [1.54, 1.807) is 14.2 Å². The second kappa shape index (κ2) is 6.01. The minimum Gasteiger partial charge on any atom is -0.493 e. The van der Waals surface area contributed by atoms with Crippen LogP contribution >= 0.6 is 0 Å². The largest absolute Gasteiger partial charge is 0.493 e. The molecule has 1 aromatic rings. The van der Waals surface area contributed by atoms with Crippen LogP contribution in [0.4, 0.5) is 0 Å². The minimum absolute atomic E-state index is 0.0119. The van der Waals surface area contributed by atoms with Crippen molar-refractivity contribution in [2.75, 3.05) is 34.4 Å². The highest BCUT2D eigenvalue weighted by Gasteiger charge is 2.41. The minimum atomic E-state index is 0.0119. The van der Waals surface area contributed by atoms with E-state index in [1.165, 1.54) is 11.1 Å². The lowest BCUT2D eigenvalue weighted by molar-refractivity contribution is 0.209. The molecule has 1 fully saturated rings. The van der Waals surface area contributed by atoms with Crippen LogP contribution in [0.1, 0.15) is 12.0 Å². The molecule has 0 radical (unpaired) electrons. The smallest absolute Gasteiger partial charge is 0.160 e. The first-order valence-electron chi connectivity index (χ1n) is 7.65. The van der Waals surface area contributed by atoms with Crippen LogP contribution in [-0.2, 0) is 9.47 Å². The fourth-order valence-electron chi connectivity index (χ4n) is 3.38. The van der Waals surface area contributed by atoms with Crippen molar-refractivity contribution in [1.29, 1.82) is 0 Å². The zero-order valence-electron chi connectivity index (χ0n) is 13.5. The number of methoxy groups -OCH3 is 2. The van der Waals surface area contributed by atoms with Crippen molar-refractivity contribution < 1.29 is 9.47 Å². The Hall–Kier alpha value is -2.00. The molecule has 0 N–H and O–H groups in total. The van der Waals surface area contributed by atoms with Gasteiger partial charge >= 0.3 is 0 Å². The molecule has 3 rings (SSSR count). The van der Waals surface area contributed by atoms with Crippen LogP contribution in [0.25, 0.3) is 6.08 Å². The van der Waals surface area contributed by atoms with Crippen LogP contribution in [0.2, 0.25) is 0 Å². The first-order valence-corrected chi connectivity index (χ1v) is 7.65. The summed E-state index contributed by atoms with van der Waals surface area (Å²) >= 11 is 0. The van der Waals surface area contributed by atoms with Gasteiger partial charge in [-0.2, -0.15) is 0 Å². The summed E-state index contributed by atoms with van der Waals surface area (Å²) in [4.78, 5) is 2.37. The van der Waals surface area contributed by atoms with Gasteiger partial charge in [0.1, 0.15) is 0 Å². The van der Waals surface area contributed by atoms with E-state index in [9.17, 15) is 0 Å². The van der Waals surface area contributed by atoms with Gasteiger partial charge in [0.25, 0.3) is 0 Å². The summed E-state index contributed by atoms with van der Waals surface area (Å²) in [7, 11) is 5.57. The summed E-state index contributed by atoms with van der Waals surface area (Å²) in [6, 6.07) is 10.5. The first kappa shape index (κ1) is 14.9. The van der Waals surface area contributed by atoms with E-state index in [0.717, 1.165) is 31.0 Å². The lowest BCUT2D eigenvalue weighted by Gasteiger charge is -2.32. The highest BCUT2D eigenvalue weighted by Crippen LogP contribution is 2.45. The van der Waals surface area contributed by atoms with E-state index >= 15 is 0 Å². The number of ether oxygens (including phenoxy) is 2. The second-order valence-corrected chi connectivity index (χ2v) is 6.08. The van der Waals surface area contributed by atoms with Crippen molar-refractivity contribution in [3.05, 3.63) is 65.1 Å². The van der Waals surface area contributed by atoms with E-state index in [2.05, 4.69) is 54.4 Å². The van der Waals surface area contributed by atoms with Crippen molar-refractivity contribution in [3.8, 4) is 0 Å². The predicted octanol–water partition coefficient (Wildman–Crippen LogP) is 3.47. The maximum absolute atomic E-state index is 5.54. The molecular weight excluding hydrogens is 274 g/mol. The van der Waals surface area contributed by atoms with Gasteiger partial charge in [0.15, 0.2) is 11.5 Å². The standard InChI is InChI=1S/C19H23NO2/c1-20-10-9-19(14-20)13-18(22-3)17(21-2)12-16(19)11-15-7-5-4-6-8-15/h4-8,11-13H,9-10,14H2,1-3H3/b16-11-. The lowest BCUT2D eigenvalue weighted by Crippen LogP contribution is -2.28. The molecule has 1 aliphatic heterocycles. The number of nitrogens with zero attached hydrogens (tertiary/aromatic N) is 1. The van der Waals surface area contributed by atoms with Gasteiger partial charge in [-0.1, -0.05) is 36.4 Å². The molecular formula is C19H23NO2. The van der Waals surface area contributed by atoms with Crippen molar-refractivity contribution in [3.63, 3.8) is 0 Å². The molecule has 0 bridgehead atoms. The Labute approximate surface area is 132 Å². The highest BCUT2D eigenvalue weighted by molar-refractivity contribution is 5.62. The molecule has 3 nitrogen and oxygen atoms in total. The van der Waals surface area contributed by atoms with Crippen molar-refractivity contribution in [1.82, 2.24) is 4.90 Å². The Bertz CT molecular complexity index is 630. The summed E-state index contributed by atoms with van der Waals surface area (Å²) < 4.78 is 11.0. The number of likely N-dealkylation sites (tertiary alicyclic amines) is 1. The number of benzene rings is 1. The molecule has 116 valence electrons. The highest BCUT2D eigenvalue weighted by atomic mass is 16.5. The van der Waals surface area contributed by atoms with E-state index < -0.39 is 0 Å². The average Bonchev–Trinajstić information content (AvgIpc) is 2.91. The van der Waals surface area contributed by atoms with Crippen molar-refractivity contribution in [2.45, 2.75) is 6.42 Å². The van der Waals surface area contributed by atoms with Crippen LogP contribution < -0.4 is 0 Å². The van der Waals surface area contributed by atoms with E-state index in [1.807, 2.05) is 6.07 Å². The van der Waals surface area contributed by atoms with Gasteiger partial charge in [-0.15, -0.1) is 0 Å². The number of hydrogen-bond acceptors (Lipinski definition) is 3. The number of hydrogen-bond donors (Lipinski definition) is 0. The lowest BCUT2D eigenvalue weighted by atomic mass is 9.75. The van der Waals surface area contributed by atoms with Gasteiger partial charge in [-0.25, -0.2) is 0 Å². The van der Waals surface area contributed by atoms with E-state index in [-0.39, 0.29) is 5.41 Å². The summed E-state index contributed by atoms with van der Waals surface area (Å²) in [5.41, 5.74) is 2.52. The third kappa shape index (κ3) is 2.69. The Morgan fingerprint density at radius 1 is 1.09 bits per heavy atom. The number of rotatable bonds is 3. The summed E-state index contributed by atoms with van der Waals surface area (Å²) in [6.07, 6.45) is 7.73. The molecule has 0 amide bonds. The topological polar surface area (TPSA) is 21.7 Å². The molecule has 1 heterocycles. The molecule has 1 unspecified atom stereocenters. The van der Waals surface area contributed by atoms with Crippen LogP contribution in [0.15, 0.2) is 59.6 Å². The molecule has 1 aliphatic carbocycles. The van der Waals surface area contributed by atoms with Crippen LogP contribution in [-0.4, -0.2) is 39.3 Å². The second-order valence-electron chi connectivity index (χ2n) is 6.08. The fraction of sp³-hybridized carbons (Fsp3) is 0.368. The predicted molar refractivity (Wildman–Crippen MR) is 89.2 cm³/mol. The van der Waals surface area contributed by atoms with E-state index in [0.29, 0.717) is 0 Å². The third-order valence-electron chi connectivity index (χ3n) is 4.57. The Kier molecular flexibility index (Phi) is 4.08. The molecule has 1 atom stereocenters. The van der Waals surface area contributed by atoms with Gasteiger partial charge in [0.2, 0.25) is 0 Å². The van der Waals surface area contributed by atoms with Gasteiger partial charge in [-0.3, -0.25) is 0 Å². The Balaban J connectivity index is 2.07. The van der Waals surface area contributed by atoms with Gasteiger partial charge in [0, 0.05) is 12.0 Å². The van der Waals surface area contributed by atoms with Gasteiger partial charge in [-0.05, 0) is 43.3 Å². The maximum atomic E-state index is 5.54. The molecule has 1 aromatic carbocycles.